The Morgan fingerprint density at radius 3 is 2.93 bits per heavy atom. The SMILES string of the molecule is O=C(CCN1CCCCC1c1ccccn1)Nc1ccc2[nH]c(=O)[nH]c2c1. The lowest BCUT2D eigenvalue weighted by molar-refractivity contribution is -0.116. The number of pyridine rings is 1. The molecular formula is C20H23N5O2. The van der Waals surface area contributed by atoms with E-state index in [9.17, 15) is 9.59 Å². The van der Waals surface area contributed by atoms with Gasteiger partial charge in [-0.25, -0.2) is 4.79 Å². The van der Waals surface area contributed by atoms with Crippen molar-refractivity contribution in [2.45, 2.75) is 31.7 Å². The number of hydrogen-bond donors (Lipinski definition) is 3. The second kappa shape index (κ2) is 7.75. The number of likely N-dealkylation sites (tertiary alicyclic amines) is 1. The van der Waals surface area contributed by atoms with Crippen LogP contribution in [-0.2, 0) is 4.79 Å². The summed E-state index contributed by atoms with van der Waals surface area (Å²) in [6, 6.07) is 11.6. The lowest BCUT2D eigenvalue weighted by Crippen LogP contribution is -2.36. The zero-order chi connectivity index (χ0) is 18.6. The van der Waals surface area contributed by atoms with E-state index in [4.69, 9.17) is 0 Å². The first kappa shape index (κ1) is 17.5. The molecule has 1 aromatic carbocycles. The topological polar surface area (TPSA) is 93.9 Å². The molecule has 3 aromatic rings. The molecule has 4 rings (SSSR count). The first-order valence-corrected chi connectivity index (χ1v) is 9.36. The smallest absolute Gasteiger partial charge is 0.323 e. The van der Waals surface area contributed by atoms with E-state index in [1.54, 1.807) is 18.2 Å². The van der Waals surface area contributed by atoms with E-state index in [-0.39, 0.29) is 17.6 Å². The molecule has 7 nitrogen and oxygen atoms in total. The molecule has 27 heavy (non-hydrogen) atoms. The van der Waals surface area contributed by atoms with Gasteiger partial charge in [-0.05, 0) is 49.7 Å². The van der Waals surface area contributed by atoms with Crippen molar-refractivity contribution in [3.8, 4) is 0 Å². The number of nitrogens with one attached hydrogen (secondary N) is 3. The van der Waals surface area contributed by atoms with Gasteiger partial charge in [0.15, 0.2) is 0 Å². The van der Waals surface area contributed by atoms with E-state index in [1.807, 2.05) is 18.3 Å². The number of piperidine rings is 1. The van der Waals surface area contributed by atoms with Crippen LogP contribution in [0.5, 0.6) is 0 Å². The van der Waals surface area contributed by atoms with E-state index in [2.05, 4.69) is 31.2 Å². The van der Waals surface area contributed by atoms with Gasteiger partial charge in [0, 0.05) is 24.8 Å². The highest BCUT2D eigenvalue weighted by Crippen LogP contribution is 2.29. The summed E-state index contributed by atoms with van der Waals surface area (Å²) in [4.78, 5) is 36.0. The molecule has 1 fully saturated rings. The van der Waals surface area contributed by atoms with Gasteiger partial charge < -0.3 is 15.3 Å². The zero-order valence-corrected chi connectivity index (χ0v) is 15.1. The van der Waals surface area contributed by atoms with Crippen molar-refractivity contribution in [2.75, 3.05) is 18.4 Å². The number of carbonyl (C=O) groups excluding carboxylic acids is 1. The summed E-state index contributed by atoms with van der Waals surface area (Å²) in [6.07, 6.45) is 5.68. The molecule has 1 saturated heterocycles. The summed E-state index contributed by atoms with van der Waals surface area (Å²) in [5.74, 6) is -0.0300. The Balaban J connectivity index is 1.37. The Labute approximate surface area is 156 Å². The van der Waals surface area contributed by atoms with Crippen LogP contribution >= 0.6 is 0 Å². The van der Waals surface area contributed by atoms with Crippen LogP contribution < -0.4 is 11.0 Å². The van der Waals surface area contributed by atoms with Gasteiger partial charge in [-0.1, -0.05) is 12.5 Å². The van der Waals surface area contributed by atoms with E-state index in [0.29, 0.717) is 24.2 Å². The Morgan fingerprint density at radius 1 is 1.19 bits per heavy atom. The number of benzene rings is 1. The van der Waals surface area contributed by atoms with Crippen molar-refractivity contribution in [3.63, 3.8) is 0 Å². The average Bonchev–Trinajstić information content (AvgIpc) is 3.06. The van der Waals surface area contributed by atoms with Gasteiger partial charge in [0.25, 0.3) is 0 Å². The lowest BCUT2D eigenvalue weighted by atomic mass is 9.98. The maximum Gasteiger partial charge on any atom is 0.323 e. The average molecular weight is 365 g/mol. The van der Waals surface area contributed by atoms with Crippen molar-refractivity contribution < 1.29 is 4.79 Å². The minimum atomic E-state index is -0.251. The summed E-state index contributed by atoms with van der Waals surface area (Å²) in [5, 5.41) is 2.92. The minimum absolute atomic E-state index is 0.0300. The quantitative estimate of drug-likeness (QED) is 0.648. The number of rotatable bonds is 5. The predicted molar refractivity (Wildman–Crippen MR) is 105 cm³/mol. The highest BCUT2D eigenvalue weighted by atomic mass is 16.1. The molecule has 3 N–H and O–H groups in total. The van der Waals surface area contributed by atoms with Crippen molar-refractivity contribution >= 4 is 22.6 Å². The van der Waals surface area contributed by atoms with Crippen molar-refractivity contribution in [1.82, 2.24) is 19.9 Å². The maximum atomic E-state index is 12.4. The first-order chi connectivity index (χ1) is 13.2. The van der Waals surface area contributed by atoms with Gasteiger partial charge >= 0.3 is 5.69 Å². The molecule has 1 atom stereocenters. The minimum Gasteiger partial charge on any atom is -0.326 e. The second-order valence-corrected chi connectivity index (χ2v) is 6.94. The fourth-order valence-electron chi connectivity index (χ4n) is 3.75. The molecule has 0 aliphatic carbocycles. The number of hydrogen-bond acceptors (Lipinski definition) is 4. The Kier molecular flexibility index (Phi) is 5.02. The van der Waals surface area contributed by atoms with Crippen LogP contribution in [0, 0.1) is 0 Å². The zero-order valence-electron chi connectivity index (χ0n) is 15.1. The van der Waals surface area contributed by atoms with Crippen LogP contribution in [0.15, 0.2) is 47.4 Å². The molecule has 0 spiro atoms. The Morgan fingerprint density at radius 2 is 2.07 bits per heavy atom. The number of amides is 1. The van der Waals surface area contributed by atoms with Crippen LogP contribution in [-0.4, -0.2) is 38.8 Å². The normalized spacial score (nSPS) is 17.9. The first-order valence-electron chi connectivity index (χ1n) is 9.36. The molecule has 1 amide bonds. The number of aromatic nitrogens is 3. The standard InChI is InChI=1S/C20H23N5O2/c26-19(22-14-7-8-15-17(13-14)24-20(27)23-15)9-12-25-11-4-2-6-18(25)16-5-1-3-10-21-16/h1,3,5,7-8,10,13,18H,2,4,6,9,11-12H2,(H,22,26)(H2,23,24,27). The molecule has 7 heteroatoms. The number of anilines is 1. The number of aromatic amines is 2. The number of H-pyrrole nitrogens is 2. The highest BCUT2D eigenvalue weighted by molar-refractivity contribution is 5.93. The van der Waals surface area contributed by atoms with E-state index in [0.717, 1.165) is 30.6 Å². The molecule has 3 heterocycles. The third kappa shape index (κ3) is 4.09. The third-order valence-electron chi connectivity index (χ3n) is 5.07. The molecule has 1 aliphatic heterocycles. The summed E-state index contributed by atoms with van der Waals surface area (Å²) < 4.78 is 0. The van der Waals surface area contributed by atoms with Gasteiger partial charge in [-0.3, -0.25) is 14.7 Å². The molecule has 1 aliphatic rings. The summed E-state index contributed by atoms with van der Waals surface area (Å²) in [5.41, 5.74) is 2.93. The van der Waals surface area contributed by atoms with Gasteiger partial charge in [0.05, 0.1) is 22.8 Å². The van der Waals surface area contributed by atoms with Crippen molar-refractivity contribution in [2.24, 2.45) is 0 Å². The fourth-order valence-corrected chi connectivity index (χ4v) is 3.75. The van der Waals surface area contributed by atoms with Crippen molar-refractivity contribution in [3.05, 3.63) is 58.8 Å². The van der Waals surface area contributed by atoms with Crippen LogP contribution in [0.2, 0.25) is 0 Å². The van der Waals surface area contributed by atoms with Crippen LogP contribution in [0.25, 0.3) is 11.0 Å². The van der Waals surface area contributed by atoms with E-state index in [1.165, 1.54) is 6.42 Å². The van der Waals surface area contributed by atoms with Crippen molar-refractivity contribution in [1.29, 1.82) is 0 Å². The van der Waals surface area contributed by atoms with E-state index < -0.39 is 0 Å². The molecule has 1 unspecified atom stereocenters. The molecule has 140 valence electrons. The summed E-state index contributed by atoms with van der Waals surface area (Å²) in [7, 11) is 0. The maximum absolute atomic E-state index is 12.4. The largest absolute Gasteiger partial charge is 0.326 e. The third-order valence-corrected chi connectivity index (χ3v) is 5.07. The monoisotopic (exact) mass is 365 g/mol. The molecule has 0 bridgehead atoms. The van der Waals surface area contributed by atoms with Crippen LogP contribution in [0.3, 0.4) is 0 Å². The molecule has 0 radical (unpaired) electrons. The van der Waals surface area contributed by atoms with Gasteiger partial charge in [-0.2, -0.15) is 0 Å². The Bertz CT molecular complexity index is 979. The van der Waals surface area contributed by atoms with Gasteiger partial charge in [0.1, 0.15) is 0 Å². The number of nitrogens with zero attached hydrogens (tertiary/aromatic N) is 2. The molecule has 0 saturated carbocycles. The van der Waals surface area contributed by atoms with Crippen LogP contribution in [0.4, 0.5) is 5.69 Å². The van der Waals surface area contributed by atoms with Gasteiger partial charge in [0.2, 0.25) is 5.91 Å². The lowest BCUT2D eigenvalue weighted by Gasteiger charge is -2.35. The highest BCUT2D eigenvalue weighted by Gasteiger charge is 2.25. The van der Waals surface area contributed by atoms with E-state index >= 15 is 0 Å². The summed E-state index contributed by atoms with van der Waals surface area (Å²) >= 11 is 0. The molecule has 2 aromatic heterocycles. The fraction of sp³-hybridized carbons (Fsp3) is 0.350. The Hall–Kier alpha value is -2.93. The number of fused-ring (bicyclic) bond motifs is 1. The predicted octanol–water partition coefficient (Wildman–Crippen LogP) is 2.81. The summed E-state index contributed by atoms with van der Waals surface area (Å²) in [6.45, 7) is 1.70. The van der Waals surface area contributed by atoms with Gasteiger partial charge in [-0.15, -0.1) is 0 Å². The molecular weight excluding hydrogens is 342 g/mol. The van der Waals surface area contributed by atoms with Crippen LogP contribution in [0.1, 0.15) is 37.4 Å². The number of carbonyl (C=O) groups is 1. The second-order valence-electron chi connectivity index (χ2n) is 6.94. The number of imidazole rings is 1.